The summed E-state index contributed by atoms with van der Waals surface area (Å²) in [6.07, 6.45) is 5.15. The SMILES string of the molecule is CCNC(=NCC1(c2cccc(Cl)c2)CC1)NCCCN1CCC(O)CC1. The standard InChI is InChI=1S/C21H33ClN4O/c1-2-23-20(24-11-4-12-26-13-7-19(27)8-14-26)25-16-21(9-10-21)17-5-3-6-18(22)15-17/h3,5-6,15,19,27H,2,4,7-14,16H2,1H3,(H2,23,24,25). The second-order valence-electron chi connectivity index (χ2n) is 7.84. The van der Waals surface area contributed by atoms with Crippen LogP contribution in [-0.2, 0) is 5.41 Å². The molecule has 1 heterocycles. The van der Waals surface area contributed by atoms with Crippen molar-refractivity contribution in [1.29, 1.82) is 0 Å². The first-order valence-corrected chi connectivity index (χ1v) is 10.7. The van der Waals surface area contributed by atoms with E-state index in [0.717, 1.165) is 69.5 Å². The van der Waals surface area contributed by atoms with Crippen molar-refractivity contribution in [2.45, 2.75) is 50.5 Å². The fourth-order valence-corrected chi connectivity index (χ4v) is 3.92. The molecule has 0 unspecified atom stereocenters. The zero-order valence-corrected chi connectivity index (χ0v) is 17.1. The highest BCUT2D eigenvalue weighted by molar-refractivity contribution is 6.30. The Kier molecular flexibility index (Phi) is 7.39. The largest absolute Gasteiger partial charge is 0.393 e. The van der Waals surface area contributed by atoms with Crippen molar-refractivity contribution in [3.63, 3.8) is 0 Å². The Balaban J connectivity index is 1.45. The number of likely N-dealkylation sites (tertiary alicyclic amines) is 1. The highest BCUT2D eigenvalue weighted by Crippen LogP contribution is 2.48. The monoisotopic (exact) mass is 392 g/mol. The molecule has 0 bridgehead atoms. The molecule has 1 aliphatic carbocycles. The average molecular weight is 393 g/mol. The van der Waals surface area contributed by atoms with E-state index in [1.54, 1.807) is 0 Å². The molecule has 1 saturated carbocycles. The van der Waals surface area contributed by atoms with Gasteiger partial charge in [-0.2, -0.15) is 0 Å². The van der Waals surface area contributed by atoms with E-state index < -0.39 is 0 Å². The molecule has 0 spiro atoms. The molecule has 150 valence electrons. The number of aliphatic hydroxyl groups excluding tert-OH is 1. The first-order chi connectivity index (χ1) is 13.1. The maximum absolute atomic E-state index is 9.59. The Bertz CT molecular complexity index is 624. The molecule has 27 heavy (non-hydrogen) atoms. The summed E-state index contributed by atoms with van der Waals surface area (Å²) in [5, 5.41) is 17.2. The second kappa shape index (κ2) is 9.76. The number of aliphatic hydroxyl groups is 1. The smallest absolute Gasteiger partial charge is 0.191 e. The predicted octanol–water partition coefficient (Wildman–Crippen LogP) is 2.77. The van der Waals surface area contributed by atoms with E-state index in [1.807, 2.05) is 12.1 Å². The van der Waals surface area contributed by atoms with Crippen molar-refractivity contribution in [3.05, 3.63) is 34.9 Å². The molecular formula is C21H33ClN4O. The van der Waals surface area contributed by atoms with Crippen LogP contribution in [0, 0.1) is 0 Å². The molecule has 1 saturated heterocycles. The maximum atomic E-state index is 9.59. The third kappa shape index (κ3) is 6.09. The number of nitrogens with zero attached hydrogens (tertiary/aromatic N) is 2. The molecule has 5 nitrogen and oxygen atoms in total. The van der Waals surface area contributed by atoms with Crippen LogP contribution in [0.5, 0.6) is 0 Å². The van der Waals surface area contributed by atoms with Crippen LogP contribution in [0.2, 0.25) is 5.02 Å². The fraction of sp³-hybridized carbons (Fsp3) is 0.667. The van der Waals surface area contributed by atoms with Crippen LogP contribution in [0.4, 0.5) is 0 Å². The summed E-state index contributed by atoms with van der Waals surface area (Å²) in [4.78, 5) is 7.29. The van der Waals surface area contributed by atoms with E-state index in [9.17, 15) is 5.11 Å². The van der Waals surface area contributed by atoms with Gasteiger partial charge in [-0.05, 0) is 63.3 Å². The first kappa shape index (κ1) is 20.4. The van der Waals surface area contributed by atoms with E-state index in [0.29, 0.717) is 0 Å². The Morgan fingerprint density at radius 2 is 2.07 bits per heavy atom. The molecular weight excluding hydrogens is 360 g/mol. The summed E-state index contributed by atoms with van der Waals surface area (Å²) >= 11 is 6.17. The number of nitrogens with one attached hydrogen (secondary N) is 2. The molecule has 0 amide bonds. The minimum atomic E-state index is -0.0962. The van der Waals surface area contributed by atoms with Gasteiger partial charge in [0, 0.05) is 36.6 Å². The zero-order chi connectivity index (χ0) is 19.1. The number of aliphatic imine (C=N–C) groups is 1. The van der Waals surface area contributed by atoms with Crippen molar-refractivity contribution >= 4 is 17.6 Å². The summed E-state index contributed by atoms with van der Waals surface area (Å²) < 4.78 is 0. The van der Waals surface area contributed by atoms with Crippen molar-refractivity contribution in [3.8, 4) is 0 Å². The van der Waals surface area contributed by atoms with Gasteiger partial charge in [0.05, 0.1) is 12.6 Å². The zero-order valence-electron chi connectivity index (χ0n) is 16.4. The normalized spacial score (nSPS) is 20.5. The topological polar surface area (TPSA) is 59.9 Å². The van der Waals surface area contributed by atoms with Crippen LogP contribution in [0.1, 0.15) is 44.6 Å². The van der Waals surface area contributed by atoms with Gasteiger partial charge >= 0.3 is 0 Å². The van der Waals surface area contributed by atoms with Crippen LogP contribution in [-0.4, -0.2) is 61.3 Å². The molecule has 2 aliphatic rings. The lowest BCUT2D eigenvalue weighted by Crippen LogP contribution is -2.40. The van der Waals surface area contributed by atoms with Crippen LogP contribution >= 0.6 is 11.6 Å². The molecule has 3 N–H and O–H groups in total. The van der Waals surface area contributed by atoms with E-state index in [2.05, 4.69) is 34.6 Å². The van der Waals surface area contributed by atoms with Crippen LogP contribution in [0.25, 0.3) is 0 Å². The van der Waals surface area contributed by atoms with E-state index in [-0.39, 0.29) is 11.5 Å². The number of piperidine rings is 1. The van der Waals surface area contributed by atoms with E-state index >= 15 is 0 Å². The highest BCUT2D eigenvalue weighted by atomic mass is 35.5. The third-order valence-electron chi connectivity index (χ3n) is 5.68. The maximum Gasteiger partial charge on any atom is 0.191 e. The molecule has 6 heteroatoms. The van der Waals surface area contributed by atoms with Crippen LogP contribution in [0.15, 0.2) is 29.3 Å². The van der Waals surface area contributed by atoms with Gasteiger partial charge < -0.3 is 20.6 Å². The van der Waals surface area contributed by atoms with E-state index in [1.165, 1.54) is 18.4 Å². The van der Waals surface area contributed by atoms with E-state index in [4.69, 9.17) is 16.6 Å². The first-order valence-electron chi connectivity index (χ1n) is 10.3. The molecule has 2 fully saturated rings. The summed E-state index contributed by atoms with van der Waals surface area (Å²) in [6, 6.07) is 8.22. The molecule has 1 aromatic carbocycles. The lowest BCUT2D eigenvalue weighted by molar-refractivity contribution is 0.0823. The van der Waals surface area contributed by atoms with Crippen molar-refractivity contribution in [2.75, 3.05) is 39.3 Å². The third-order valence-corrected chi connectivity index (χ3v) is 5.91. The molecule has 0 aromatic heterocycles. The Hall–Kier alpha value is -1.30. The van der Waals surface area contributed by atoms with Gasteiger partial charge in [0.25, 0.3) is 0 Å². The summed E-state index contributed by atoms with van der Waals surface area (Å²) in [6.45, 7) is 7.77. The number of rotatable bonds is 8. The van der Waals surface area contributed by atoms with Crippen molar-refractivity contribution < 1.29 is 5.11 Å². The van der Waals surface area contributed by atoms with Crippen LogP contribution < -0.4 is 10.6 Å². The minimum absolute atomic E-state index is 0.0962. The number of benzene rings is 1. The summed E-state index contributed by atoms with van der Waals surface area (Å²) in [7, 11) is 0. The van der Waals surface area contributed by atoms with Gasteiger partial charge in [0.1, 0.15) is 0 Å². The fourth-order valence-electron chi connectivity index (χ4n) is 3.73. The number of guanidine groups is 1. The average Bonchev–Trinajstić information content (AvgIpc) is 3.46. The second-order valence-corrected chi connectivity index (χ2v) is 8.28. The number of halogens is 1. The molecule has 1 aliphatic heterocycles. The van der Waals surface area contributed by atoms with Gasteiger partial charge in [-0.3, -0.25) is 4.99 Å². The Labute approximate surface area is 168 Å². The van der Waals surface area contributed by atoms with Crippen molar-refractivity contribution in [2.24, 2.45) is 4.99 Å². The lowest BCUT2D eigenvalue weighted by atomic mass is 9.96. The van der Waals surface area contributed by atoms with Crippen LogP contribution in [0.3, 0.4) is 0 Å². The number of hydrogen-bond donors (Lipinski definition) is 3. The Morgan fingerprint density at radius 1 is 1.30 bits per heavy atom. The molecule has 1 aromatic rings. The van der Waals surface area contributed by atoms with Crippen molar-refractivity contribution in [1.82, 2.24) is 15.5 Å². The molecule has 0 atom stereocenters. The lowest BCUT2D eigenvalue weighted by Gasteiger charge is -2.29. The van der Waals surface area contributed by atoms with Gasteiger partial charge in [-0.1, -0.05) is 23.7 Å². The minimum Gasteiger partial charge on any atom is -0.393 e. The number of hydrogen-bond acceptors (Lipinski definition) is 3. The summed E-state index contributed by atoms with van der Waals surface area (Å²) in [5.41, 5.74) is 1.48. The van der Waals surface area contributed by atoms with Gasteiger partial charge in [-0.25, -0.2) is 0 Å². The van der Waals surface area contributed by atoms with Gasteiger partial charge in [0.15, 0.2) is 5.96 Å². The molecule has 0 radical (unpaired) electrons. The van der Waals surface area contributed by atoms with Gasteiger partial charge in [-0.15, -0.1) is 0 Å². The quantitative estimate of drug-likeness (QED) is 0.361. The Morgan fingerprint density at radius 3 is 2.74 bits per heavy atom. The predicted molar refractivity (Wildman–Crippen MR) is 113 cm³/mol. The van der Waals surface area contributed by atoms with Gasteiger partial charge in [0.2, 0.25) is 0 Å². The summed E-state index contributed by atoms with van der Waals surface area (Å²) in [5.74, 6) is 0.903. The highest BCUT2D eigenvalue weighted by Gasteiger charge is 2.44. The molecule has 3 rings (SSSR count).